The highest BCUT2D eigenvalue weighted by Gasteiger charge is 2.18. The Morgan fingerprint density at radius 1 is 1.12 bits per heavy atom. The summed E-state index contributed by atoms with van der Waals surface area (Å²) in [6, 6.07) is 9.37. The molecule has 2 heterocycles. The first-order chi connectivity index (χ1) is 11.9. The molecular formula is C19H19BN4O. The van der Waals surface area contributed by atoms with Gasteiger partial charge >= 0.3 is 0 Å². The normalized spacial score (nSPS) is 10.7. The zero-order valence-corrected chi connectivity index (χ0v) is 14.8. The molecule has 2 radical (unpaired) electrons. The lowest BCUT2D eigenvalue weighted by atomic mass is 9.99. The second-order valence-electron chi connectivity index (χ2n) is 6.14. The summed E-state index contributed by atoms with van der Waals surface area (Å²) in [5.41, 5.74) is 5.37. The third kappa shape index (κ3) is 3.20. The first-order valence-electron chi connectivity index (χ1n) is 8.03. The number of carbonyl (C=O) groups is 1. The van der Waals surface area contributed by atoms with Crippen LogP contribution in [-0.4, -0.2) is 28.4 Å². The van der Waals surface area contributed by atoms with Crippen molar-refractivity contribution in [2.45, 2.75) is 27.7 Å². The fraction of sp³-hybridized carbons (Fsp3) is 0.211. The number of rotatable bonds is 4. The van der Waals surface area contributed by atoms with E-state index in [2.05, 4.69) is 15.4 Å². The topological polar surface area (TPSA) is 59.8 Å². The smallest absolute Gasteiger partial charge is 0.264 e. The predicted octanol–water partition coefficient (Wildman–Crippen LogP) is 3.42. The number of anilines is 2. The Balaban J connectivity index is 2.06. The minimum Gasteiger partial charge on any atom is -0.338 e. The van der Waals surface area contributed by atoms with Gasteiger partial charge in [0.25, 0.3) is 7.98 Å². The molecule has 6 heteroatoms. The van der Waals surface area contributed by atoms with Crippen molar-refractivity contribution in [1.82, 2.24) is 14.7 Å². The van der Waals surface area contributed by atoms with Gasteiger partial charge in [-0.1, -0.05) is 24.3 Å². The molecule has 0 bridgehead atoms. The molecule has 1 N–H and O–H groups in total. The van der Waals surface area contributed by atoms with Gasteiger partial charge in [0.1, 0.15) is 0 Å². The van der Waals surface area contributed by atoms with E-state index in [1.807, 2.05) is 58.0 Å². The largest absolute Gasteiger partial charge is 0.338 e. The Bertz CT molecular complexity index is 962. The summed E-state index contributed by atoms with van der Waals surface area (Å²) in [5.74, 6) is 0.555. The lowest BCUT2D eigenvalue weighted by Crippen LogP contribution is -2.09. The number of pyridine rings is 1. The molecule has 0 saturated heterocycles. The highest BCUT2D eigenvalue weighted by Crippen LogP contribution is 2.26. The molecule has 0 aliphatic carbocycles. The Kier molecular flexibility index (Phi) is 4.44. The van der Waals surface area contributed by atoms with Crippen LogP contribution in [0, 0.1) is 27.7 Å². The highest BCUT2D eigenvalue weighted by molar-refractivity contribution is 6.13. The molecule has 1 aromatic carbocycles. The molecule has 0 spiro atoms. The summed E-state index contributed by atoms with van der Waals surface area (Å²) < 4.78 is 1.33. The summed E-state index contributed by atoms with van der Waals surface area (Å²) in [6.45, 7) is 7.63. The highest BCUT2D eigenvalue weighted by atomic mass is 16.1. The van der Waals surface area contributed by atoms with Crippen molar-refractivity contribution in [3.8, 4) is 0 Å². The number of hydrogen-bond acceptors (Lipinski definition) is 4. The maximum atomic E-state index is 13.0. The zero-order valence-electron chi connectivity index (χ0n) is 14.8. The van der Waals surface area contributed by atoms with E-state index >= 15 is 0 Å². The van der Waals surface area contributed by atoms with Crippen molar-refractivity contribution in [1.29, 1.82) is 0 Å². The van der Waals surface area contributed by atoms with Gasteiger partial charge in [0.2, 0.25) is 0 Å². The zero-order chi connectivity index (χ0) is 18.1. The van der Waals surface area contributed by atoms with E-state index < -0.39 is 0 Å². The monoisotopic (exact) mass is 330 g/mol. The second kappa shape index (κ2) is 6.55. The van der Waals surface area contributed by atoms with Crippen molar-refractivity contribution in [2.24, 2.45) is 0 Å². The molecule has 3 aromatic rings. The number of aryl methyl sites for hydroxylation is 2. The molecule has 0 amide bonds. The quantitative estimate of drug-likeness (QED) is 0.588. The second-order valence-corrected chi connectivity index (χ2v) is 6.14. The molecule has 0 atom stereocenters. The number of ketones is 1. The van der Waals surface area contributed by atoms with E-state index in [-0.39, 0.29) is 5.78 Å². The van der Waals surface area contributed by atoms with Gasteiger partial charge in [-0.15, -0.1) is 0 Å². The first-order valence-corrected chi connectivity index (χ1v) is 8.03. The number of nitrogens with one attached hydrogen (secondary N) is 1. The van der Waals surface area contributed by atoms with Crippen LogP contribution in [0.1, 0.15) is 38.4 Å². The molecule has 124 valence electrons. The summed E-state index contributed by atoms with van der Waals surface area (Å²) >= 11 is 0. The van der Waals surface area contributed by atoms with Gasteiger partial charge < -0.3 is 9.91 Å². The van der Waals surface area contributed by atoms with Crippen molar-refractivity contribution in [3.63, 3.8) is 0 Å². The van der Waals surface area contributed by atoms with Gasteiger partial charge in [-0.05, 0) is 39.3 Å². The lowest BCUT2D eigenvalue weighted by molar-refractivity contribution is 0.103. The molecular weight excluding hydrogens is 311 g/mol. The molecule has 0 fully saturated rings. The maximum absolute atomic E-state index is 13.0. The van der Waals surface area contributed by atoms with Crippen LogP contribution in [-0.2, 0) is 0 Å². The molecule has 5 nitrogen and oxygen atoms in total. The Morgan fingerprint density at radius 2 is 1.84 bits per heavy atom. The fourth-order valence-corrected chi connectivity index (χ4v) is 2.66. The van der Waals surface area contributed by atoms with Gasteiger partial charge in [0.15, 0.2) is 11.6 Å². The van der Waals surface area contributed by atoms with Gasteiger partial charge in [-0.2, -0.15) is 5.10 Å². The molecule has 0 aliphatic rings. The van der Waals surface area contributed by atoms with Gasteiger partial charge in [-0.3, -0.25) is 9.78 Å². The van der Waals surface area contributed by atoms with E-state index in [0.717, 1.165) is 22.5 Å². The summed E-state index contributed by atoms with van der Waals surface area (Å²) in [5, 5.41) is 7.52. The van der Waals surface area contributed by atoms with Gasteiger partial charge in [0, 0.05) is 28.7 Å². The molecule has 25 heavy (non-hydrogen) atoms. The summed E-state index contributed by atoms with van der Waals surface area (Å²) in [7, 11) is 5.82. The van der Waals surface area contributed by atoms with Crippen LogP contribution in [0.3, 0.4) is 0 Å². The average molecular weight is 330 g/mol. The Hall–Kier alpha value is -2.89. The molecule has 0 unspecified atom stereocenters. The Morgan fingerprint density at radius 3 is 2.48 bits per heavy atom. The Labute approximate surface area is 148 Å². The average Bonchev–Trinajstić information content (AvgIpc) is 2.82. The third-order valence-electron chi connectivity index (χ3n) is 4.38. The van der Waals surface area contributed by atoms with Crippen LogP contribution in [0.4, 0.5) is 11.5 Å². The van der Waals surface area contributed by atoms with Crippen LogP contribution in [0.15, 0.2) is 36.5 Å². The van der Waals surface area contributed by atoms with Crippen LogP contribution in [0.25, 0.3) is 0 Å². The van der Waals surface area contributed by atoms with Crippen molar-refractivity contribution in [2.75, 3.05) is 5.32 Å². The van der Waals surface area contributed by atoms with Crippen LogP contribution in [0.2, 0.25) is 0 Å². The molecule has 2 aromatic heterocycles. The molecule has 0 saturated carbocycles. The number of carbonyl (C=O) groups excluding carboxylic acids is 1. The number of hydrogen-bond donors (Lipinski definition) is 1. The van der Waals surface area contributed by atoms with E-state index in [9.17, 15) is 4.79 Å². The minimum absolute atomic E-state index is 0.0744. The first kappa shape index (κ1) is 17.0. The maximum Gasteiger partial charge on any atom is 0.264 e. The minimum atomic E-state index is -0.0744. The fourth-order valence-electron chi connectivity index (χ4n) is 2.66. The van der Waals surface area contributed by atoms with Gasteiger partial charge in [-0.25, -0.2) is 0 Å². The van der Waals surface area contributed by atoms with Crippen LogP contribution in [0.5, 0.6) is 0 Å². The lowest BCUT2D eigenvalue weighted by Gasteiger charge is -2.12. The number of aromatic nitrogens is 3. The van der Waals surface area contributed by atoms with E-state index in [4.69, 9.17) is 7.98 Å². The van der Waals surface area contributed by atoms with Crippen molar-refractivity contribution < 1.29 is 4.79 Å². The van der Waals surface area contributed by atoms with Gasteiger partial charge in [0.05, 0.1) is 11.3 Å². The SMILES string of the molecule is [B]n1nc(Nc2cc(C)ncc2C(=O)c2ccccc2C)c(C)c1C. The third-order valence-corrected chi connectivity index (χ3v) is 4.38. The summed E-state index contributed by atoms with van der Waals surface area (Å²) in [6.07, 6.45) is 1.61. The van der Waals surface area contributed by atoms with E-state index in [1.165, 1.54) is 4.59 Å². The van der Waals surface area contributed by atoms with Crippen LogP contribution >= 0.6 is 0 Å². The predicted molar refractivity (Wildman–Crippen MR) is 99.7 cm³/mol. The van der Waals surface area contributed by atoms with Crippen molar-refractivity contribution >= 4 is 25.3 Å². The molecule has 0 aliphatic heterocycles. The standard InChI is InChI=1S/C19H19BN4O/c1-11-7-5-6-8-15(11)18(25)16-10-21-12(2)9-17(16)22-19-13(3)14(4)24(20)23-19/h5-10H,1-4H3,(H,21,22,23). The van der Waals surface area contributed by atoms with Crippen molar-refractivity contribution in [3.05, 3.63) is 70.2 Å². The van der Waals surface area contributed by atoms with E-state index in [0.29, 0.717) is 22.6 Å². The van der Waals surface area contributed by atoms with Crippen LogP contribution < -0.4 is 5.32 Å². The molecule has 3 rings (SSSR count). The summed E-state index contributed by atoms with van der Waals surface area (Å²) in [4.78, 5) is 17.3. The number of nitrogens with zero attached hydrogens (tertiary/aromatic N) is 3. The van der Waals surface area contributed by atoms with E-state index in [1.54, 1.807) is 6.20 Å². The number of benzene rings is 1.